The van der Waals surface area contributed by atoms with Gasteiger partial charge in [0.2, 0.25) is 15.0 Å². The lowest BCUT2D eigenvalue weighted by atomic mass is 10.2. The number of anilines is 1. The maximum Gasteiger partial charge on any atom is 0.236 e. The van der Waals surface area contributed by atoms with Crippen molar-refractivity contribution in [3.63, 3.8) is 0 Å². The van der Waals surface area contributed by atoms with Gasteiger partial charge in [0.05, 0.1) is 11.4 Å². The number of halogens is 2. The fraction of sp³-hybridized carbons (Fsp3) is 0.222. The third-order valence-electron chi connectivity index (χ3n) is 1.68. The SMILES string of the molecule is CC(=O)Nc1cc(CS(=O)(=O)Cl)ccc1F. The second-order valence-electron chi connectivity index (χ2n) is 3.18. The van der Waals surface area contributed by atoms with E-state index in [1.807, 2.05) is 0 Å². The summed E-state index contributed by atoms with van der Waals surface area (Å²) in [5.41, 5.74) is 0.241. The molecule has 88 valence electrons. The van der Waals surface area contributed by atoms with Gasteiger partial charge < -0.3 is 5.32 Å². The van der Waals surface area contributed by atoms with E-state index in [9.17, 15) is 17.6 Å². The van der Waals surface area contributed by atoms with Crippen molar-refractivity contribution < 1.29 is 17.6 Å². The van der Waals surface area contributed by atoms with Gasteiger partial charge in [0, 0.05) is 17.6 Å². The molecule has 1 N–H and O–H groups in total. The minimum Gasteiger partial charge on any atom is -0.324 e. The molecule has 0 aliphatic carbocycles. The van der Waals surface area contributed by atoms with E-state index in [0.717, 1.165) is 6.07 Å². The van der Waals surface area contributed by atoms with Crippen LogP contribution in [0.2, 0.25) is 0 Å². The largest absolute Gasteiger partial charge is 0.324 e. The van der Waals surface area contributed by atoms with Gasteiger partial charge in [0.25, 0.3) is 0 Å². The zero-order valence-corrected chi connectivity index (χ0v) is 9.90. The standard InChI is InChI=1S/C9H9ClFNO3S/c1-6(13)12-9-4-7(2-3-8(9)11)5-16(10,14)15/h2-4H,5H2,1H3,(H,12,13). The van der Waals surface area contributed by atoms with Crippen LogP contribution in [0.3, 0.4) is 0 Å². The molecule has 1 rings (SSSR count). The number of rotatable bonds is 3. The molecule has 0 aliphatic heterocycles. The summed E-state index contributed by atoms with van der Waals surface area (Å²) in [6, 6.07) is 3.60. The highest BCUT2D eigenvalue weighted by molar-refractivity contribution is 8.13. The molecule has 0 fully saturated rings. The summed E-state index contributed by atoms with van der Waals surface area (Å²) in [5, 5.41) is 2.25. The van der Waals surface area contributed by atoms with E-state index in [1.165, 1.54) is 19.1 Å². The molecule has 0 bridgehead atoms. The van der Waals surface area contributed by atoms with Crippen LogP contribution in [0.4, 0.5) is 10.1 Å². The van der Waals surface area contributed by atoms with Crippen molar-refractivity contribution in [2.45, 2.75) is 12.7 Å². The number of carbonyl (C=O) groups excluding carboxylic acids is 1. The lowest BCUT2D eigenvalue weighted by Gasteiger charge is -2.05. The van der Waals surface area contributed by atoms with Crippen LogP contribution in [-0.4, -0.2) is 14.3 Å². The van der Waals surface area contributed by atoms with Gasteiger partial charge in [-0.1, -0.05) is 6.07 Å². The van der Waals surface area contributed by atoms with Gasteiger partial charge in [-0.15, -0.1) is 0 Å². The van der Waals surface area contributed by atoms with Crippen LogP contribution in [0, 0.1) is 5.82 Å². The second kappa shape index (κ2) is 4.80. The zero-order valence-electron chi connectivity index (χ0n) is 8.33. The van der Waals surface area contributed by atoms with Crippen molar-refractivity contribution in [3.8, 4) is 0 Å². The number of nitrogens with one attached hydrogen (secondary N) is 1. The minimum absolute atomic E-state index is 0.0645. The van der Waals surface area contributed by atoms with Crippen LogP contribution in [0.15, 0.2) is 18.2 Å². The van der Waals surface area contributed by atoms with Crippen molar-refractivity contribution in [1.82, 2.24) is 0 Å². The van der Waals surface area contributed by atoms with E-state index in [2.05, 4.69) is 5.32 Å². The van der Waals surface area contributed by atoms with Crippen molar-refractivity contribution in [2.75, 3.05) is 5.32 Å². The molecular weight excluding hydrogens is 257 g/mol. The lowest BCUT2D eigenvalue weighted by molar-refractivity contribution is -0.114. The number of benzene rings is 1. The fourth-order valence-corrected chi connectivity index (χ4v) is 2.10. The van der Waals surface area contributed by atoms with E-state index in [-0.39, 0.29) is 5.69 Å². The predicted molar refractivity (Wildman–Crippen MR) is 59.2 cm³/mol. The molecule has 0 saturated heterocycles. The van der Waals surface area contributed by atoms with Gasteiger partial charge in [-0.3, -0.25) is 4.79 Å². The molecule has 0 aliphatic rings. The van der Waals surface area contributed by atoms with E-state index in [4.69, 9.17) is 10.7 Å². The first-order valence-electron chi connectivity index (χ1n) is 4.26. The molecule has 0 unspecified atom stereocenters. The molecular formula is C9H9ClFNO3S. The Morgan fingerprint density at radius 1 is 1.50 bits per heavy atom. The molecule has 1 aromatic carbocycles. The zero-order chi connectivity index (χ0) is 12.3. The van der Waals surface area contributed by atoms with E-state index < -0.39 is 26.5 Å². The van der Waals surface area contributed by atoms with Crippen LogP contribution in [0.25, 0.3) is 0 Å². The molecule has 4 nitrogen and oxygen atoms in total. The molecule has 0 atom stereocenters. The van der Waals surface area contributed by atoms with Crippen molar-refractivity contribution in [2.24, 2.45) is 0 Å². The Morgan fingerprint density at radius 3 is 2.62 bits per heavy atom. The molecule has 0 spiro atoms. The average molecular weight is 266 g/mol. The predicted octanol–water partition coefficient (Wildman–Crippen LogP) is 1.85. The first kappa shape index (κ1) is 12.9. The molecule has 0 saturated carbocycles. The molecule has 1 aromatic rings. The van der Waals surface area contributed by atoms with Crippen LogP contribution in [0.1, 0.15) is 12.5 Å². The Hall–Kier alpha value is -1.14. The fourth-order valence-electron chi connectivity index (χ4n) is 1.15. The highest BCUT2D eigenvalue weighted by Crippen LogP contribution is 2.18. The third kappa shape index (κ3) is 4.16. The number of carbonyl (C=O) groups is 1. The van der Waals surface area contributed by atoms with Crippen LogP contribution in [-0.2, 0) is 19.6 Å². The van der Waals surface area contributed by atoms with Gasteiger partial charge in [-0.05, 0) is 17.7 Å². The van der Waals surface area contributed by atoms with Crippen LogP contribution >= 0.6 is 10.7 Å². The second-order valence-corrected chi connectivity index (χ2v) is 5.96. The summed E-state index contributed by atoms with van der Waals surface area (Å²) in [4.78, 5) is 10.7. The number of hydrogen-bond donors (Lipinski definition) is 1. The topological polar surface area (TPSA) is 63.2 Å². The van der Waals surface area contributed by atoms with Crippen molar-refractivity contribution in [1.29, 1.82) is 0 Å². The lowest BCUT2D eigenvalue weighted by Crippen LogP contribution is -2.08. The summed E-state index contributed by atoms with van der Waals surface area (Å²) >= 11 is 0. The summed E-state index contributed by atoms with van der Waals surface area (Å²) in [7, 11) is 1.36. The first-order chi connectivity index (χ1) is 7.28. The summed E-state index contributed by atoms with van der Waals surface area (Å²) in [6.07, 6.45) is 0. The Bertz CT molecular complexity index is 515. The third-order valence-corrected chi connectivity index (χ3v) is 2.69. The summed E-state index contributed by atoms with van der Waals surface area (Å²) in [5.74, 6) is -1.49. The van der Waals surface area contributed by atoms with Gasteiger partial charge in [0.15, 0.2) is 0 Å². The Balaban J connectivity index is 3.02. The van der Waals surface area contributed by atoms with Gasteiger partial charge in [0.1, 0.15) is 5.82 Å². The van der Waals surface area contributed by atoms with Gasteiger partial charge in [-0.2, -0.15) is 0 Å². The van der Waals surface area contributed by atoms with Crippen LogP contribution in [0.5, 0.6) is 0 Å². The van der Waals surface area contributed by atoms with E-state index >= 15 is 0 Å². The Labute approximate surface area is 96.8 Å². The van der Waals surface area contributed by atoms with Gasteiger partial charge >= 0.3 is 0 Å². The molecule has 0 radical (unpaired) electrons. The first-order valence-corrected chi connectivity index (χ1v) is 6.74. The average Bonchev–Trinajstić information content (AvgIpc) is 2.07. The van der Waals surface area contributed by atoms with Crippen LogP contribution < -0.4 is 5.32 Å². The smallest absolute Gasteiger partial charge is 0.236 e. The number of amides is 1. The highest BCUT2D eigenvalue weighted by Gasteiger charge is 2.10. The van der Waals surface area contributed by atoms with Gasteiger partial charge in [-0.25, -0.2) is 12.8 Å². The molecule has 0 aromatic heterocycles. The number of hydrogen-bond acceptors (Lipinski definition) is 3. The summed E-state index contributed by atoms with van der Waals surface area (Å²) in [6.45, 7) is 1.23. The molecule has 16 heavy (non-hydrogen) atoms. The van der Waals surface area contributed by atoms with Crippen molar-refractivity contribution >= 4 is 31.3 Å². The highest BCUT2D eigenvalue weighted by atomic mass is 35.7. The summed E-state index contributed by atoms with van der Waals surface area (Å²) < 4.78 is 34.8. The maximum absolute atomic E-state index is 13.2. The van der Waals surface area contributed by atoms with E-state index in [0.29, 0.717) is 5.56 Å². The Morgan fingerprint density at radius 2 is 2.12 bits per heavy atom. The van der Waals surface area contributed by atoms with E-state index in [1.54, 1.807) is 0 Å². The van der Waals surface area contributed by atoms with Crippen molar-refractivity contribution in [3.05, 3.63) is 29.6 Å². The molecule has 1 amide bonds. The normalized spacial score (nSPS) is 11.2. The molecule has 7 heteroatoms. The Kier molecular flexibility index (Phi) is 3.88. The monoisotopic (exact) mass is 265 g/mol. The minimum atomic E-state index is -3.70. The quantitative estimate of drug-likeness (QED) is 0.849. The molecule has 0 heterocycles. The maximum atomic E-state index is 13.2.